The van der Waals surface area contributed by atoms with Gasteiger partial charge in [0.1, 0.15) is 11.4 Å². The number of ether oxygens (including phenoxy) is 1. The van der Waals surface area contributed by atoms with Crippen LogP contribution in [-0.4, -0.2) is 47.8 Å². The van der Waals surface area contributed by atoms with Gasteiger partial charge in [-0.25, -0.2) is 4.98 Å². The molecule has 6 rings (SSSR count). The van der Waals surface area contributed by atoms with Crippen molar-refractivity contribution in [1.29, 1.82) is 0 Å². The van der Waals surface area contributed by atoms with Crippen molar-refractivity contribution in [3.63, 3.8) is 0 Å². The van der Waals surface area contributed by atoms with Gasteiger partial charge in [0.05, 0.1) is 5.69 Å². The topological polar surface area (TPSA) is 62.1 Å². The highest BCUT2D eigenvalue weighted by atomic mass is 32.1. The van der Waals surface area contributed by atoms with Crippen molar-refractivity contribution >= 4 is 33.6 Å². The number of hydrogen-bond acceptors (Lipinski definition) is 6. The zero-order valence-corrected chi connectivity index (χ0v) is 22.4. The highest BCUT2D eigenvalue weighted by molar-refractivity contribution is 7.17. The summed E-state index contributed by atoms with van der Waals surface area (Å²) in [7, 11) is 0. The third-order valence-electron chi connectivity index (χ3n) is 7.36. The second kappa shape index (κ2) is 9.48. The maximum atomic E-state index is 13.0. The van der Waals surface area contributed by atoms with E-state index in [1.165, 1.54) is 12.1 Å². The minimum atomic E-state index is -4.68. The summed E-state index contributed by atoms with van der Waals surface area (Å²) >= 11 is 1.58. The van der Waals surface area contributed by atoms with E-state index in [0.717, 1.165) is 58.6 Å². The van der Waals surface area contributed by atoms with Crippen molar-refractivity contribution in [1.82, 2.24) is 14.7 Å². The summed E-state index contributed by atoms with van der Waals surface area (Å²) in [5, 5.41) is 3.04. The van der Waals surface area contributed by atoms with E-state index in [9.17, 15) is 18.0 Å². The van der Waals surface area contributed by atoms with Crippen LogP contribution in [0.15, 0.2) is 54.7 Å². The second-order valence-corrected chi connectivity index (χ2v) is 11.6. The van der Waals surface area contributed by atoms with Crippen molar-refractivity contribution in [3.8, 4) is 5.75 Å². The number of nitrogens with one attached hydrogen (secondary N) is 1. The van der Waals surface area contributed by atoms with Gasteiger partial charge in [0.15, 0.2) is 4.96 Å². The van der Waals surface area contributed by atoms with Crippen LogP contribution in [0.4, 0.5) is 24.5 Å². The van der Waals surface area contributed by atoms with Gasteiger partial charge in [0.2, 0.25) is 0 Å². The van der Waals surface area contributed by atoms with Gasteiger partial charge in [-0.3, -0.25) is 9.20 Å². The Morgan fingerprint density at radius 3 is 2.21 bits per heavy atom. The van der Waals surface area contributed by atoms with Crippen molar-refractivity contribution in [2.75, 3.05) is 36.0 Å². The smallest absolute Gasteiger partial charge is 0.406 e. The van der Waals surface area contributed by atoms with Crippen LogP contribution in [0.25, 0.3) is 4.96 Å². The number of carbonyl (C=O) groups is 1. The fourth-order valence-corrected chi connectivity index (χ4v) is 6.37. The lowest BCUT2D eigenvalue weighted by molar-refractivity contribution is -0.274. The second-order valence-electron chi connectivity index (χ2n) is 10.4. The van der Waals surface area contributed by atoms with Crippen LogP contribution < -0.4 is 19.9 Å². The molecular formula is C28H30F3N5O2S. The van der Waals surface area contributed by atoms with Gasteiger partial charge in [-0.2, -0.15) is 0 Å². The number of nitrogens with zero attached hydrogens (tertiary/aromatic N) is 4. The number of thiazole rings is 1. The number of halogens is 3. The van der Waals surface area contributed by atoms with E-state index in [1.54, 1.807) is 23.5 Å². The molecule has 2 aromatic heterocycles. The van der Waals surface area contributed by atoms with Gasteiger partial charge < -0.3 is 19.9 Å². The molecule has 1 N–H and O–H groups in total. The third kappa shape index (κ3) is 5.03. The van der Waals surface area contributed by atoms with E-state index in [1.807, 2.05) is 36.6 Å². The van der Waals surface area contributed by atoms with Gasteiger partial charge in [-0.15, -0.1) is 24.5 Å². The predicted octanol–water partition coefficient (Wildman–Crippen LogP) is 5.67. The molecular weight excluding hydrogens is 527 g/mol. The molecule has 0 unspecified atom stereocenters. The van der Waals surface area contributed by atoms with Crippen LogP contribution >= 0.6 is 11.3 Å². The number of rotatable bonds is 7. The molecule has 2 aliphatic heterocycles. The molecule has 4 heterocycles. The quantitative estimate of drug-likeness (QED) is 0.318. The Balaban J connectivity index is 0.00000323. The molecule has 0 atom stereocenters. The van der Waals surface area contributed by atoms with Gasteiger partial charge in [-0.1, -0.05) is 19.1 Å². The van der Waals surface area contributed by atoms with Crippen molar-refractivity contribution in [3.05, 3.63) is 76.6 Å². The largest absolute Gasteiger partial charge is 0.573 e. The number of benzene rings is 2. The van der Waals surface area contributed by atoms with Crippen molar-refractivity contribution < 1.29 is 24.1 Å². The molecule has 7 nitrogen and oxygen atoms in total. The number of carbonyl (C=O) groups excluding carboxylic acids is 1. The molecule has 1 amide bonds. The molecule has 2 fully saturated rings. The first-order valence-corrected chi connectivity index (χ1v) is 13.6. The van der Waals surface area contributed by atoms with Crippen LogP contribution in [0, 0.1) is 12.3 Å². The lowest BCUT2D eigenvalue weighted by Gasteiger charge is -2.61. The molecule has 206 valence electrons. The van der Waals surface area contributed by atoms with Crippen LogP contribution in [0.1, 0.15) is 35.0 Å². The van der Waals surface area contributed by atoms with Gasteiger partial charge >= 0.3 is 6.36 Å². The molecule has 2 aromatic carbocycles. The first-order chi connectivity index (χ1) is 18.6. The molecule has 1 spiro atoms. The number of fused-ring (bicyclic) bond motifs is 1. The summed E-state index contributed by atoms with van der Waals surface area (Å²) in [5.41, 5.74) is 4.69. The van der Waals surface area contributed by atoms with Gasteiger partial charge in [0.25, 0.3) is 5.91 Å². The zero-order valence-electron chi connectivity index (χ0n) is 21.6. The molecule has 4 aromatic rings. The Kier molecular flexibility index (Phi) is 6.21. The molecule has 11 heteroatoms. The van der Waals surface area contributed by atoms with E-state index >= 15 is 0 Å². The summed E-state index contributed by atoms with van der Waals surface area (Å²) in [5.74, 6) is -0.329. The maximum absolute atomic E-state index is 13.0. The molecule has 0 radical (unpaired) electrons. The predicted molar refractivity (Wildman–Crippen MR) is 147 cm³/mol. The number of alkyl halides is 3. The highest BCUT2D eigenvalue weighted by Gasteiger charge is 2.51. The minimum Gasteiger partial charge on any atom is -0.406 e. The average molecular weight is 558 g/mol. The summed E-state index contributed by atoms with van der Waals surface area (Å²) in [6.07, 6.45) is -2.02. The van der Waals surface area contributed by atoms with E-state index in [0.29, 0.717) is 18.7 Å². The fraction of sp³-hybridized carbons (Fsp3) is 0.357. The molecule has 2 aliphatic rings. The molecule has 0 aliphatic carbocycles. The van der Waals surface area contributed by atoms with E-state index in [4.69, 9.17) is 0 Å². The number of aromatic nitrogens is 2. The van der Waals surface area contributed by atoms with Crippen LogP contribution in [0.2, 0.25) is 0 Å². The third-order valence-corrected chi connectivity index (χ3v) is 8.26. The number of hydrogen-bond donors (Lipinski definition) is 1. The maximum Gasteiger partial charge on any atom is 0.573 e. The van der Waals surface area contributed by atoms with Crippen LogP contribution in [0.5, 0.6) is 5.75 Å². The first-order valence-electron chi connectivity index (χ1n) is 12.8. The lowest BCUT2D eigenvalue weighted by atomic mass is 9.72. The van der Waals surface area contributed by atoms with E-state index in [-0.39, 0.29) is 18.5 Å². The Hall–Kier alpha value is -3.73. The van der Waals surface area contributed by atoms with Crippen molar-refractivity contribution in [2.45, 2.75) is 33.2 Å². The van der Waals surface area contributed by atoms with Gasteiger partial charge in [0, 0.05) is 62.0 Å². The van der Waals surface area contributed by atoms with Crippen LogP contribution in [-0.2, 0) is 13.0 Å². The number of aryl methyl sites for hydroxylation is 2. The fourth-order valence-electron chi connectivity index (χ4n) is 5.53. The Morgan fingerprint density at radius 1 is 1.05 bits per heavy atom. The molecule has 0 saturated carbocycles. The SMILES string of the molecule is CCc1nc2sc(C)cn2c1C(=O)NCc1ccc(N2CC3(C2)CN(c2ccc(OC(F)(F)F)cc2)C3)cc1.[HH]. The standard InChI is InChI=1S/C28H28F3N5O2S.H2/c1-3-23-24(36-13-18(2)39-26(36)33-23)25(37)32-12-19-4-6-20(7-5-19)34-14-27(15-34)16-35(17-27)21-8-10-22(11-9-21)38-28(29,30)31;/h4-11,13H,3,12,14-17H2,1-2H3,(H,32,37);1H. The molecule has 39 heavy (non-hydrogen) atoms. The summed E-state index contributed by atoms with van der Waals surface area (Å²) in [6.45, 7) is 8.07. The molecule has 2 saturated heterocycles. The van der Waals surface area contributed by atoms with Gasteiger partial charge in [-0.05, 0) is 55.3 Å². The van der Waals surface area contributed by atoms with Crippen molar-refractivity contribution in [2.24, 2.45) is 5.41 Å². The van der Waals surface area contributed by atoms with Crippen LogP contribution in [0.3, 0.4) is 0 Å². The normalized spacial score (nSPS) is 16.3. The number of anilines is 2. The van der Waals surface area contributed by atoms with E-state index < -0.39 is 6.36 Å². The Morgan fingerprint density at radius 2 is 1.64 bits per heavy atom. The Bertz CT molecular complexity index is 1500. The molecule has 0 bridgehead atoms. The zero-order chi connectivity index (χ0) is 27.4. The monoisotopic (exact) mass is 557 g/mol. The minimum absolute atomic E-state index is 0. The summed E-state index contributed by atoms with van der Waals surface area (Å²) < 4.78 is 43.0. The average Bonchev–Trinajstić information content (AvgIpc) is 3.37. The highest BCUT2D eigenvalue weighted by Crippen LogP contribution is 2.44. The lowest BCUT2D eigenvalue weighted by Crippen LogP contribution is -2.72. The number of imidazole rings is 1. The first kappa shape index (κ1) is 25.5. The van der Waals surface area contributed by atoms with E-state index in [2.05, 4.69) is 37.0 Å². The number of amides is 1. The Labute approximate surface area is 229 Å². The summed E-state index contributed by atoms with van der Waals surface area (Å²) in [6, 6.07) is 14.3. The summed E-state index contributed by atoms with van der Waals surface area (Å²) in [4.78, 5) is 24.1.